The van der Waals surface area contributed by atoms with Crippen molar-refractivity contribution in [2.75, 3.05) is 62.3 Å². The quantitative estimate of drug-likeness (QED) is 0.820. The van der Waals surface area contributed by atoms with Crippen molar-refractivity contribution in [3.05, 3.63) is 11.8 Å². The minimum atomic E-state index is 0.0609. The summed E-state index contributed by atoms with van der Waals surface area (Å²) in [4.78, 5) is 27.9. The van der Waals surface area contributed by atoms with Crippen LogP contribution in [0.25, 0.3) is 0 Å². The Morgan fingerprint density at radius 3 is 2.33 bits per heavy atom. The third kappa shape index (κ3) is 3.77. The van der Waals surface area contributed by atoms with Crippen molar-refractivity contribution in [2.45, 2.75) is 20.8 Å². The van der Waals surface area contributed by atoms with Gasteiger partial charge in [0, 0.05) is 56.9 Å². The molecule has 1 aromatic rings. The third-order valence-electron chi connectivity index (χ3n) is 4.53. The molecule has 0 aromatic carbocycles. The molecule has 2 saturated heterocycles. The van der Waals surface area contributed by atoms with Crippen LogP contribution in [-0.4, -0.2) is 73.3 Å². The van der Waals surface area contributed by atoms with Crippen molar-refractivity contribution in [3.8, 4) is 0 Å². The van der Waals surface area contributed by atoms with Crippen LogP contribution < -0.4 is 9.80 Å². The average Bonchev–Trinajstić information content (AvgIpc) is 2.61. The van der Waals surface area contributed by atoms with Crippen molar-refractivity contribution in [1.82, 2.24) is 14.9 Å². The summed E-state index contributed by atoms with van der Waals surface area (Å²) in [5.74, 6) is 2.04. The van der Waals surface area contributed by atoms with Gasteiger partial charge in [-0.1, -0.05) is 13.8 Å². The zero-order chi connectivity index (χ0) is 17.1. The van der Waals surface area contributed by atoms with Gasteiger partial charge in [0.15, 0.2) is 0 Å². The van der Waals surface area contributed by atoms with Crippen molar-refractivity contribution in [3.63, 3.8) is 0 Å². The number of anilines is 2. The Morgan fingerprint density at radius 1 is 1.04 bits per heavy atom. The fraction of sp³-hybridized carbons (Fsp3) is 0.706. The first kappa shape index (κ1) is 17.0. The van der Waals surface area contributed by atoms with Gasteiger partial charge >= 0.3 is 0 Å². The smallest absolute Gasteiger partial charge is 0.227 e. The molecule has 0 unspecified atom stereocenters. The van der Waals surface area contributed by atoms with Crippen LogP contribution in [0.1, 0.15) is 19.5 Å². The van der Waals surface area contributed by atoms with Crippen LogP contribution >= 0.6 is 0 Å². The number of morpholine rings is 1. The zero-order valence-electron chi connectivity index (χ0n) is 14.9. The largest absolute Gasteiger partial charge is 0.378 e. The van der Waals surface area contributed by atoms with E-state index in [1.54, 1.807) is 0 Å². The highest BCUT2D eigenvalue weighted by atomic mass is 16.5. The lowest BCUT2D eigenvalue weighted by molar-refractivity contribution is -0.134. The number of amides is 1. The second-order valence-corrected chi connectivity index (χ2v) is 6.73. The number of carbonyl (C=O) groups is 1. The predicted molar refractivity (Wildman–Crippen MR) is 93.4 cm³/mol. The van der Waals surface area contributed by atoms with Gasteiger partial charge in [0.05, 0.1) is 13.2 Å². The van der Waals surface area contributed by atoms with E-state index in [2.05, 4.69) is 14.8 Å². The van der Waals surface area contributed by atoms with Crippen molar-refractivity contribution < 1.29 is 9.53 Å². The highest BCUT2D eigenvalue weighted by Gasteiger charge is 2.24. The molecule has 0 saturated carbocycles. The number of hydrogen-bond acceptors (Lipinski definition) is 6. The summed E-state index contributed by atoms with van der Waals surface area (Å²) in [7, 11) is 0. The Kier molecular flexibility index (Phi) is 5.18. The van der Waals surface area contributed by atoms with E-state index in [1.807, 2.05) is 31.7 Å². The maximum absolute atomic E-state index is 12.1. The minimum Gasteiger partial charge on any atom is -0.378 e. The van der Waals surface area contributed by atoms with E-state index in [9.17, 15) is 4.79 Å². The molecule has 3 heterocycles. The number of aromatic nitrogens is 2. The van der Waals surface area contributed by atoms with Crippen LogP contribution in [0.15, 0.2) is 6.07 Å². The third-order valence-corrected chi connectivity index (χ3v) is 4.53. The first-order valence-corrected chi connectivity index (χ1v) is 8.76. The van der Waals surface area contributed by atoms with Gasteiger partial charge in [-0.3, -0.25) is 4.79 Å². The molecule has 2 aliphatic rings. The van der Waals surface area contributed by atoms with Crippen molar-refractivity contribution >= 4 is 17.7 Å². The molecule has 0 N–H and O–H groups in total. The van der Waals surface area contributed by atoms with Crippen molar-refractivity contribution in [1.29, 1.82) is 0 Å². The molecule has 1 amide bonds. The molecule has 7 nitrogen and oxygen atoms in total. The Labute approximate surface area is 143 Å². The molecular formula is C17H27N5O2. The fourth-order valence-corrected chi connectivity index (χ4v) is 3.12. The Balaban J connectivity index is 1.69. The van der Waals surface area contributed by atoms with Gasteiger partial charge in [-0.05, 0) is 6.92 Å². The molecule has 132 valence electrons. The van der Waals surface area contributed by atoms with Crippen molar-refractivity contribution in [2.24, 2.45) is 5.92 Å². The van der Waals surface area contributed by atoms with Crippen LogP contribution in [-0.2, 0) is 9.53 Å². The number of rotatable bonds is 3. The molecule has 0 spiro atoms. The number of hydrogen-bond donors (Lipinski definition) is 0. The average molecular weight is 333 g/mol. The van der Waals surface area contributed by atoms with E-state index in [0.717, 1.165) is 69.9 Å². The topological polar surface area (TPSA) is 61.8 Å². The summed E-state index contributed by atoms with van der Waals surface area (Å²) in [6.45, 7) is 12.2. The Morgan fingerprint density at radius 2 is 1.71 bits per heavy atom. The number of nitrogens with zero attached hydrogens (tertiary/aromatic N) is 5. The highest BCUT2D eigenvalue weighted by molar-refractivity contribution is 5.78. The van der Waals surface area contributed by atoms with E-state index in [1.165, 1.54) is 0 Å². The molecule has 0 atom stereocenters. The molecule has 2 aliphatic heterocycles. The summed E-state index contributed by atoms with van der Waals surface area (Å²) >= 11 is 0. The zero-order valence-corrected chi connectivity index (χ0v) is 14.9. The normalized spacial score (nSPS) is 19.1. The summed E-state index contributed by atoms with van der Waals surface area (Å²) in [6.07, 6.45) is 0. The first-order valence-electron chi connectivity index (χ1n) is 8.76. The second-order valence-electron chi connectivity index (χ2n) is 6.73. The van der Waals surface area contributed by atoms with E-state index in [4.69, 9.17) is 9.72 Å². The molecule has 7 heteroatoms. The number of piperazine rings is 1. The molecule has 24 heavy (non-hydrogen) atoms. The molecular weight excluding hydrogens is 306 g/mol. The van der Waals surface area contributed by atoms with Crippen LogP contribution in [0, 0.1) is 12.8 Å². The minimum absolute atomic E-state index is 0.0609. The predicted octanol–water partition coefficient (Wildman–Crippen LogP) is 0.926. The highest BCUT2D eigenvalue weighted by Crippen LogP contribution is 2.20. The number of carbonyl (C=O) groups excluding carboxylic acids is 1. The molecule has 1 aromatic heterocycles. The summed E-state index contributed by atoms with van der Waals surface area (Å²) in [5.41, 5.74) is 0.974. The summed E-state index contributed by atoms with van der Waals surface area (Å²) in [6, 6.07) is 2.03. The maximum atomic E-state index is 12.1. The van der Waals surface area contributed by atoms with Gasteiger partial charge in [-0.25, -0.2) is 4.98 Å². The number of aryl methyl sites for hydroxylation is 1. The lowest BCUT2D eigenvalue weighted by Gasteiger charge is -2.36. The Hall–Kier alpha value is -1.89. The summed E-state index contributed by atoms with van der Waals surface area (Å²) in [5, 5.41) is 0. The summed E-state index contributed by atoms with van der Waals surface area (Å²) < 4.78 is 5.41. The van der Waals surface area contributed by atoms with Gasteiger partial charge < -0.3 is 19.4 Å². The maximum Gasteiger partial charge on any atom is 0.227 e. The SMILES string of the molecule is Cc1cc(N2CCN(C(=O)C(C)C)CC2)nc(N2CCOCC2)n1. The van der Waals surface area contributed by atoms with Crippen LogP contribution in [0.5, 0.6) is 0 Å². The first-order chi connectivity index (χ1) is 11.5. The monoisotopic (exact) mass is 333 g/mol. The molecule has 2 fully saturated rings. The van der Waals surface area contributed by atoms with Gasteiger partial charge in [-0.15, -0.1) is 0 Å². The number of ether oxygens (including phenoxy) is 1. The lowest BCUT2D eigenvalue weighted by Crippen LogP contribution is -2.50. The molecule has 3 rings (SSSR count). The second kappa shape index (κ2) is 7.34. The van der Waals surface area contributed by atoms with Gasteiger partial charge in [0.1, 0.15) is 5.82 Å². The molecule has 0 radical (unpaired) electrons. The molecule has 0 aliphatic carbocycles. The van der Waals surface area contributed by atoms with Gasteiger partial charge in [-0.2, -0.15) is 4.98 Å². The van der Waals surface area contributed by atoms with E-state index >= 15 is 0 Å². The van der Waals surface area contributed by atoms with Gasteiger partial charge in [0.2, 0.25) is 11.9 Å². The van der Waals surface area contributed by atoms with E-state index < -0.39 is 0 Å². The van der Waals surface area contributed by atoms with Gasteiger partial charge in [0.25, 0.3) is 0 Å². The fourth-order valence-electron chi connectivity index (χ4n) is 3.12. The standard InChI is InChI=1S/C17H27N5O2/c1-13(2)16(23)21-6-4-20(5-7-21)15-12-14(3)18-17(19-15)22-8-10-24-11-9-22/h12-13H,4-11H2,1-3H3. The van der Waals surface area contributed by atoms with E-state index in [-0.39, 0.29) is 11.8 Å². The lowest BCUT2D eigenvalue weighted by atomic mass is 10.1. The Bertz CT molecular complexity index is 578. The molecule has 0 bridgehead atoms. The van der Waals surface area contributed by atoms with Crippen LogP contribution in [0.3, 0.4) is 0 Å². The van der Waals surface area contributed by atoms with E-state index in [0.29, 0.717) is 0 Å². The van der Waals surface area contributed by atoms with Crippen LogP contribution in [0.4, 0.5) is 11.8 Å². The van der Waals surface area contributed by atoms with Crippen LogP contribution in [0.2, 0.25) is 0 Å².